The first-order valence-corrected chi connectivity index (χ1v) is 5.57. The van der Waals surface area contributed by atoms with Gasteiger partial charge in [-0.15, -0.1) is 0 Å². The molecule has 1 fully saturated rings. The molecule has 1 N–H and O–H groups in total. The van der Waals surface area contributed by atoms with Crippen molar-refractivity contribution >= 4 is 11.7 Å². The number of pyridine rings is 1. The third kappa shape index (κ3) is 2.32. The van der Waals surface area contributed by atoms with Crippen LogP contribution in [0, 0.1) is 12.8 Å². The highest BCUT2D eigenvalue weighted by molar-refractivity contribution is 5.71. The van der Waals surface area contributed by atoms with Crippen LogP contribution in [0.1, 0.15) is 18.5 Å². The van der Waals surface area contributed by atoms with E-state index in [0.717, 1.165) is 30.8 Å². The quantitative estimate of drug-likeness (QED) is 0.824. The van der Waals surface area contributed by atoms with Gasteiger partial charge in [0, 0.05) is 30.7 Å². The van der Waals surface area contributed by atoms with E-state index in [2.05, 4.69) is 9.88 Å². The molecule has 0 amide bonds. The molecule has 86 valence electrons. The lowest BCUT2D eigenvalue weighted by atomic mass is 9.98. The van der Waals surface area contributed by atoms with Crippen molar-refractivity contribution in [3.05, 3.63) is 24.0 Å². The van der Waals surface area contributed by atoms with Crippen LogP contribution in [0.4, 0.5) is 5.69 Å². The highest BCUT2D eigenvalue weighted by Crippen LogP contribution is 2.23. The van der Waals surface area contributed by atoms with Crippen LogP contribution < -0.4 is 4.90 Å². The largest absolute Gasteiger partial charge is 0.481 e. The average molecular weight is 220 g/mol. The fourth-order valence-corrected chi connectivity index (χ4v) is 2.14. The zero-order chi connectivity index (χ0) is 11.5. The van der Waals surface area contributed by atoms with E-state index < -0.39 is 5.97 Å². The van der Waals surface area contributed by atoms with Crippen molar-refractivity contribution in [1.29, 1.82) is 0 Å². The zero-order valence-electron chi connectivity index (χ0n) is 9.39. The summed E-state index contributed by atoms with van der Waals surface area (Å²) in [7, 11) is 0. The molecule has 4 nitrogen and oxygen atoms in total. The fourth-order valence-electron chi connectivity index (χ4n) is 2.14. The van der Waals surface area contributed by atoms with Gasteiger partial charge in [0.15, 0.2) is 0 Å². The Hall–Kier alpha value is -1.58. The van der Waals surface area contributed by atoms with Crippen LogP contribution in [-0.2, 0) is 4.79 Å². The third-order valence-corrected chi connectivity index (χ3v) is 3.02. The van der Waals surface area contributed by atoms with E-state index in [1.165, 1.54) is 0 Å². The molecule has 4 heteroatoms. The minimum atomic E-state index is -0.685. The first kappa shape index (κ1) is 10.9. The number of hydrogen-bond donors (Lipinski definition) is 1. The molecular formula is C12H16N2O2. The van der Waals surface area contributed by atoms with Crippen LogP contribution in [0.2, 0.25) is 0 Å². The predicted octanol–water partition coefficient (Wildman–Crippen LogP) is 1.69. The summed E-state index contributed by atoms with van der Waals surface area (Å²) in [5.41, 5.74) is 2.05. The van der Waals surface area contributed by atoms with Gasteiger partial charge in [-0.3, -0.25) is 9.78 Å². The molecule has 2 rings (SSSR count). The van der Waals surface area contributed by atoms with Gasteiger partial charge in [-0.05, 0) is 31.9 Å². The molecule has 1 aromatic heterocycles. The first-order valence-electron chi connectivity index (χ1n) is 5.57. The van der Waals surface area contributed by atoms with Gasteiger partial charge in [-0.2, -0.15) is 0 Å². The maximum absolute atomic E-state index is 11.0. The van der Waals surface area contributed by atoms with Crippen LogP contribution in [0.15, 0.2) is 18.3 Å². The van der Waals surface area contributed by atoms with Crippen LogP contribution in [0.25, 0.3) is 0 Å². The molecular weight excluding hydrogens is 204 g/mol. The highest BCUT2D eigenvalue weighted by atomic mass is 16.4. The number of aliphatic carboxylic acids is 1. The molecule has 1 unspecified atom stereocenters. The topological polar surface area (TPSA) is 53.4 Å². The van der Waals surface area contributed by atoms with Crippen LogP contribution in [-0.4, -0.2) is 29.1 Å². The molecule has 0 aromatic carbocycles. The van der Waals surface area contributed by atoms with Gasteiger partial charge in [0.2, 0.25) is 0 Å². The van der Waals surface area contributed by atoms with Crippen molar-refractivity contribution < 1.29 is 9.90 Å². The van der Waals surface area contributed by atoms with Gasteiger partial charge < -0.3 is 10.0 Å². The van der Waals surface area contributed by atoms with E-state index in [1.54, 1.807) is 6.20 Å². The molecule has 1 saturated heterocycles. The number of aryl methyl sites for hydroxylation is 1. The Kier molecular flexibility index (Phi) is 3.08. The number of hydrogen-bond acceptors (Lipinski definition) is 3. The third-order valence-electron chi connectivity index (χ3n) is 3.02. The zero-order valence-corrected chi connectivity index (χ0v) is 9.39. The Morgan fingerprint density at radius 2 is 2.44 bits per heavy atom. The summed E-state index contributed by atoms with van der Waals surface area (Å²) in [6, 6.07) is 3.95. The molecule has 0 aliphatic carbocycles. The van der Waals surface area contributed by atoms with E-state index in [1.807, 2.05) is 19.1 Å². The second-order valence-electron chi connectivity index (χ2n) is 4.28. The van der Waals surface area contributed by atoms with E-state index in [4.69, 9.17) is 5.11 Å². The second-order valence-corrected chi connectivity index (χ2v) is 4.28. The van der Waals surface area contributed by atoms with Gasteiger partial charge in [0.25, 0.3) is 0 Å². The maximum atomic E-state index is 11.0. The Balaban J connectivity index is 2.12. The number of carboxylic acid groups (broad SMARTS) is 1. The SMILES string of the molecule is Cc1cc(N2CCCC(C(=O)O)C2)ccn1. The lowest BCUT2D eigenvalue weighted by molar-refractivity contribution is -0.141. The van der Waals surface area contributed by atoms with E-state index in [0.29, 0.717) is 6.54 Å². The van der Waals surface area contributed by atoms with Crippen molar-refractivity contribution in [3.63, 3.8) is 0 Å². The van der Waals surface area contributed by atoms with Crippen molar-refractivity contribution in [1.82, 2.24) is 4.98 Å². The molecule has 0 saturated carbocycles. The smallest absolute Gasteiger partial charge is 0.308 e. The van der Waals surface area contributed by atoms with Crippen LogP contribution in [0.3, 0.4) is 0 Å². The fraction of sp³-hybridized carbons (Fsp3) is 0.500. The Bertz CT molecular complexity index is 392. The molecule has 16 heavy (non-hydrogen) atoms. The summed E-state index contributed by atoms with van der Waals surface area (Å²) in [4.78, 5) is 17.2. The first-order chi connectivity index (χ1) is 7.66. The summed E-state index contributed by atoms with van der Waals surface area (Å²) in [6.45, 7) is 3.49. The predicted molar refractivity (Wildman–Crippen MR) is 61.5 cm³/mol. The van der Waals surface area contributed by atoms with Gasteiger partial charge in [0.1, 0.15) is 0 Å². The molecule has 1 aromatic rings. The summed E-state index contributed by atoms with van der Waals surface area (Å²) in [5, 5.41) is 9.02. The number of rotatable bonds is 2. The van der Waals surface area contributed by atoms with Gasteiger partial charge in [0.05, 0.1) is 5.92 Å². The molecule has 1 atom stereocenters. The standard InChI is InChI=1S/C12H16N2O2/c1-9-7-11(4-5-13-9)14-6-2-3-10(8-14)12(15)16/h4-5,7,10H,2-3,6,8H2,1H3,(H,15,16). The van der Waals surface area contributed by atoms with Crippen LogP contribution in [0.5, 0.6) is 0 Å². The van der Waals surface area contributed by atoms with Crippen molar-refractivity contribution in [3.8, 4) is 0 Å². The lowest BCUT2D eigenvalue weighted by Crippen LogP contribution is -2.38. The Labute approximate surface area is 94.9 Å². The highest BCUT2D eigenvalue weighted by Gasteiger charge is 2.25. The molecule has 1 aliphatic rings. The number of aromatic nitrogens is 1. The van der Waals surface area contributed by atoms with E-state index in [9.17, 15) is 4.79 Å². The number of carbonyl (C=O) groups is 1. The molecule has 0 spiro atoms. The van der Waals surface area contributed by atoms with Crippen molar-refractivity contribution in [2.75, 3.05) is 18.0 Å². The number of anilines is 1. The number of nitrogens with zero attached hydrogens (tertiary/aromatic N) is 2. The van der Waals surface area contributed by atoms with Crippen molar-refractivity contribution in [2.24, 2.45) is 5.92 Å². The van der Waals surface area contributed by atoms with E-state index in [-0.39, 0.29) is 5.92 Å². The maximum Gasteiger partial charge on any atom is 0.308 e. The molecule has 1 aliphatic heterocycles. The van der Waals surface area contributed by atoms with Gasteiger partial charge in [-0.1, -0.05) is 0 Å². The van der Waals surface area contributed by atoms with Gasteiger partial charge >= 0.3 is 5.97 Å². The molecule has 2 heterocycles. The Morgan fingerprint density at radius 1 is 1.62 bits per heavy atom. The van der Waals surface area contributed by atoms with Gasteiger partial charge in [-0.25, -0.2) is 0 Å². The monoisotopic (exact) mass is 220 g/mol. The molecule has 0 bridgehead atoms. The average Bonchev–Trinajstić information content (AvgIpc) is 2.29. The van der Waals surface area contributed by atoms with Crippen molar-refractivity contribution in [2.45, 2.75) is 19.8 Å². The summed E-state index contributed by atoms with van der Waals surface area (Å²) >= 11 is 0. The number of carboxylic acids is 1. The minimum Gasteiger partial charge on any atom is -0.481 e. The second kappa shape index (κ2) is 4.51. The lowest BCUT2D eigenvalue weighted by Gasteiger charge is -2.32. The minimum absolute atomic E-state index is 0.234. The summed E-state index contributed by atoms with van der Waals surface area (Å²) in [6.07, 6.45) is 3.50. The summed E-state index contributed by atoms with van der Waals surface area (Å²) < 4.78 is 0. The Morgan fingerprint density at radius 3 is 3.12 bits per heavy atom. The number of piperidine rings is 1. The summed E-state index contributed by atoms with van der Waals surface area (Å²) in [5.74, 6) is -0.919. The van der Waals surface area contributed by atoms with Crippen LogP contribution >= 0.6 is 0 Å². The van der Waals surface area contributed by atoms with E-state index >= 15 is 0 Å². The molecule has 0 radical (unpaired) electrons. The normalized spacial score (nSPS) is 20.8.